The van der Waals surface area contributed by atoms with Gasteiger partial charge in [0.05, 0.1) is 11.6 Å². The molecule has 0 heterocycles. The Morgan fingerprint density at radius 1 is 1.15 bits per heavy atom. The lowest BCUT2D eigenvalue weighted by Gasteiger charge is -2.12. The first kappa shape index (κ1) is 17.4. The van der Waals surface area contributed by atoms with E-state index in [4.69, 9.17) is 11.5 Å². The van der Waals surface area contributed by atoms with Crippen LogP contribution >= 0.6 is 0 Å². The Kier molecular flexibility index (Phi) is 4.85. The van der Waals surface area contributed by atoms with Crippen molar-refractivity contribution in [3.63, 3.8) is 0 Å². The Balaban J connectivity index is 1.99. The van der Waals surface area contributed by atoms with E-state index in [2.05, 4.69) is 17.1 Å². The van der Waals surface area contributed by atoms with Gasteiger partial charge in [0, 0.05) is 5.56 Å². The monoisotopic (exact) mass is 344 g/mol. The van der Waals surface area contributed by atoms with E-state index in [0.717, 1.165) is 35.1 Å². The van der Waals surface area contributed by atoms with Crippen LogP contribution in [0.15, 0.2) is 47.5 Å². The molecule has 0 unspecified atom stereocenters. The molecule has 0 aromatic heterocycles. The van der Waals surface area contributed by atoms with Gasteiger partial charge in [0.2, 0.25) is 0 Å². The molecule has 1 aliphatic carbocycles. The van der Waals surface area contributed by atoms with Gasteiger partial charge in [0.1, 0.15) is 0 Å². The number of carbonyl (C=O) groups is 1. The van der Waals surface area contributed by atoms with E-state index in [1.165, 1.54) is 5.56 Å². The number of hydrogen-bond donors (Lipinski definition) is 2. The highest BCUT2D eigenvalue weighted by molar-refractivity contribution is 6.02. The van der Waals surface area contributed by atoms with E-state index >= 15 is 0 Å². The smallest absolute Gasteiger partial charge is 0.280 e. The van der Waals surface area contributed by atoms with Gasteiger partial charge in [-0.3, -0.25) is 4.79 Å². The molecule has 0 atom stereocenters. The second-order valence-corrected chi connectivity index (χ2v) is 6.43. The molecule has 1 aliphatic rings. The Bertz CT molecular complexity index is 976. The standard InChI is InChI=1S/C21H20N4O/c1-13-5-8-19(18(9-13)12-22)15-4-2-3-14-6-7-16(11-17(14)10-15)20(26)25-21(23)24/h4-9,11H,2-3,10H2,1H3,(H4,23,24,25,26). The Morgan fingerprint density at radius 2 is 1.96 bits per heavy atom. The van der Waals surface area contributed by atoms with Crippen molar-refractivity contribution in [3.8, 4) is 6.07 Å². The molecular formula is C21H20N4O. The molecule has 130 valence electrons. The summed E-state index contributed by atoms with van der Waals surface area (Å²) in [6.45, 7) is 1.98. The largest absolute Gasteiger partial charge is 0.370 e. The predicted octanol–water partition coefficient (Wildman–Crippen LogP) is 2.85. The summed E-state index contributed by atoms with van der Waals surface area (Å²) in [5.41, 5.74) is 17.1. The van der Waals surface area contributed by atoms with Crippen molar-refractivity contribution >= 4 is 17.4 Å². The molecule has 0 saturated carbocycles. The van der Waals surface area contributed by atoms with E-state index in [1.54, 1.807) is 6.07 Å². The highest BCUT2D eigenvalue weighted by Crippen LogP contribution is 2.30. The van der Waals surface area contributed by atoms with Crippen molar-refractivity contribution in [2.24, 2.45) is 16.5 Å². The maximum absolute atomic E-state index is 12.1. The van der Waals surface area contributed by atoms with Gasteiger partial charge in [-0.2, -0.15) is 10.3 Å². The molecular weight excluding hydrogens is 324 g/mol. The number of guanidine groups is 1. The minimum absolute atomic E-state index is 0.246. The average molecular weight is 344 g/mol. The Morgan fingerprint density at radius 3 is 2.69 bits per heavy atom. The first-order valence-corrected chi connectivity index (χ1v) is 8.44. The minimum atomic E-state index is -0.448. The van der Waals surface area contributed by atoms with Crippen LogP contribution in [0.25, 0.3) is 5.57 Å². The quantitative estimate of drug-likeness (QED) is 0.645. The maximum atomic E-state index is 12.1. The van der Waals surface area contributed by atoms with Crippen molar-refractivity contribution in [1.82, 2.24) is 0 Å². The lowest BCUT2D eigenvalue weighted by Crippen LogP contribution is -2.24. The van der Waals surface area contributed by atoms with Crippen LogP contribution in [0, 0.1) is 18.3 Å². The topological polar surface area (TPSA) is 105 Å². The molecule has 0 fully saturated rings. The molecule has 0 radical (unpaired) electrons. The van der Waals surface area contributed by atoms with Gasteiger partial charge in [-0.05, 0) is 72.2 Å². The zero-order valence-corrected chi connectivity index (χ0v) is 14.6. The molecule has 2 aromatic carbocycles. The van der Waals surface area contributed by atoms with E-state index in [-0.39, 0.29) is 5.96 Å². The van der Waals surface area contributed by atoms with Gasteiger partial charge in [0.25, 0.3) is 5.91 Å². The van der Waals surface area contributed by atoms with Crippen molar-refractivity contribution in [2.75, 3.05) is 0 Å². The molecule has 0 aliphatic heterocycles. The van der Waals surface area contributed by atoms with Crippen molar-refractivity contribution in [3.05, 3.63) is 75.9 Å². The molecule has 5 nitrogen and oxygen atoms in total. The number of fused-ring (bicyclic) bond motifs is 1. The average Bonchev–Trinajstić information content (AvgIpc) is 2.82. The number of rotatable bonds is 2. The first-order valence-electron chi connectivity index (χ1n) is 8.44. The Hall–Kier alpha value is -3.39. The molecule has 5 heteroatoms. The second-order valence-electron chi connectivity index (χ2n) is 6.43. The zero-order valence-electron chi connectivity index (χ0n) is 14.6. The summed E-state index contributed by atoms with van der Waals surface area (Å²) in [5.74, 6) is -0.695. The van der Waals surface area contributed by atoms with Crippen LogP contribution in [-0.2, 0) is 12.8 Å². The lowest BCUT2D eigenvalue weighted by atomic mass is 9.92. The second kappa shape index (κ2) is 7.24. The highest BCUT2D eigenvalue weighted by atomic mass is 16.1. The number of allylic oxidation sites excluding steroid dienone is 2. The summed E-state index contributed by atoms with van der Waals surface area (Å²) in [5, 5.41) is 9.48. The van der Waals surface area contributed by atoms with Crippen molar-refractivity contribution < 1.29 is 4.79 Å². The molecule has 4 N–H and O–H groups in total. The van der Waals surface area contributed by atoms with Crippen LogP contribution in [-0.4, -0.2) is 11.9 Å². The molecule has 3 rings (SSSR count). The zero-order chi connectivity index (χ0) is 18.7. The van der Waals surface area contributed by atoms with Crippen LogP contribution in [0.4, 0.5) is 0 Å². The fourth-order valence-corrected chi connectivity index (χ4v) is 3.26. The molecule has 2 aromatic rings. The van der Waals surface area contributed by atoms with E-state index in [1.807, 2.05) is 37.3 Å². The minimum Gasteiger partial charge on any atom is -0.370 e. The van der Waals surface area contributed by atoms with Gasteiger partial charge in [-0.1, -0.05) is 24.3 Å². The van der Waals surface area contributed by atoms with Gasteiger partial charge in [-0.25, -0.2) is 0 Å². The third-order valence-corrected chi connectivity index (χ3v) is 4.51. The Labute approximate surface area is 152 Å². The van der Waals surface area contributed by atoms with Crippen LogP contribution in [0.3, 0.4) is 0 Å². The van der Waals surface area contributed by atoms with Gasteiger partial charge >= 0.3 is 0 Å². The molecule has 26 heavy (non-hydrogen) atoms. The van der Waals surface area contributed by atoms with Crippen LogP contribution < -0.4 is 11.5 Å². The van der Waals surface area contributed by atoms with Crippen LogP contribution in [0.1, 0.15) is 44.6 Å². The summed E-state index contributed by atoms with van der Waals surface area (Å²) in [6.07, 6.45) is 4.63. The van der Waals surface area contributed by atoms with E-state index in [0.29, 0.717) is 17.5 Å². The number of carbonyl (C=O) groups excluding carboxylic acids is 1. The number of aryl methyl sites for hydroxylation is 2. The molecule has 1 amide bonds. The number of nitrogens with zero attached hydrogens (tertiary/aromatic N) is 2. The summed E-state index contributed by atoms with van der Waals surface area (Å²) < 4.78 is 0. The summed E-state index contributed by atoms with van der Waals surface area (Å²) >= 11 is 0. The number of benzene rings is 2. The predicted molar refractivity (Wildman–Crippen MR) is 102 cm³/mol. The summed E-state index contributed by atoms with van der Waals surface area (Å²) in [7, 11) is 0. The van der Waals surface area contributed by atoms with E-state index in [9.17, 15) is 10.1 Å². The number of aliphatic imine (C=N–C) groups is 1. The molecule has 0 saturated heterocycles. The lowest BCUT2D eigenvalue weighted by molar-refractivity contribution is 0.100. The van der Waals surface area contributed by atoms with E-state index < -0.39 is 5.91 Å². The number of hydrogen-bond acceptors (Lipinski definition) is 2. The number of amides is 1. The van der Waals surface area contributed by atoms with Crippen molar-refractivity contribution in [1.29, 1.82) is 5.26 Å². The summed E-state index contributed by atoms with van der Waals surface area (Å²) in [6, 6.07) is 13.8. The normalized spacial score (nSPS) is 13.0. The van der Waals surface area contributed by atoms with Gasteiger partial charge in [0.15, 0.2) is 5.96 Å². The third-order valence-electron chi connectivity index (χ3n) is 4.51. The van der Waals surface area contributed by atoms with Gasteiger partial charge < -0.3 is 11.5 Å². The van der Waals surface area contributed by atoms with Crippen LogP contribution in [0.5, 0.6) is 0 Å². The highest BCUT2D eigenvalue weighted by Gasteiger charge is 2.16. The first-order chi connectivity index (χ1) is 12.5. The third kappa shape index (κ3) is 3.65. The fraction of sp³-hybridized carbons (Fsp3) is 0.190. The SMILES string of the molecule is Cc1ccc(C2=CCCc3ccc(C(=O)N=C(N)N)cc3C2)c(C#N)c1. The number of nitrogens with two attached hydrogens (primary N) is 2. The van der Waals surface area contributed by atoms with Gasteiger partial charge in [-0.15, -0.1) is 0 Å². The summed E-state index contributed by atoms with van der Waals surface area (Å²) in [4.78, 5) is 15.7. The number of nitriles is 1. The molecule has 0 spiro atoms. The fourth-order valence-electron chi connectivity index (χ4n) is 3.26. The van der Waals surface area contributed by atoms with Crippen LogP contribution in [0.2, 0.25) is 0 Å². The molecule has 0 bridgehead atoms. The van der Waals surface area contributed by atoms with Crippen molar-refractivity contribution in [2.45, 2.75) is 26.2 Å². The maximum Gasteiger partial charge on any atom is 0.280 e.